The predicted molar refractivity (Wildman–Crippen MR) is 81.0 cm³/mol. The molecule has 0 spiro atoms. The van der Waals surface area contributed by atoms with Gasteiger partial charge in [-0.1, -0.05) is 38.1 Å². The smallest absolute Gasteiger partial charge is 0.0996 e. The lowest BCUT2D eigenvalue weighted by Gasteiger charge is -2.18. The maximum Gasteiger partial charge on any atom is 0.0996 e. The Morgan fingerprint density at radius 3 is 2.42 bits per heavy atom. The van der Waals surface area contributed by atoms with Crippen molar-refractivity contribution in [3.8, 4) is 0 Å². The number of amidine groups is 1. The van der Waals surface area contributed by atoms with E-state index in [0.29, 0.717) is 11.8 Å². The first-order valence-electron chi connectivity index (χ1n) is 7.62. The Balaban J connectivity index is 1.65. The van der Waals surface area contributed by atoms with Crippen LogP contribution < -0.4 is 0 Å². The second-order valence-electron chi connectivity index (χ2n) is 6.17. The van der Waals surface area contributed by atoms with Gasteiger partial charge < -0.3 is 4.90 Å². The zero-order valence-corrected chi connectivity index (χ0v) is 12.1. The summed E-state index contributed by atoms with van der Waals surface area (Å²) >= 11 is 0. The first-order valence-corrected chi connectivity index (χ1v) is 7.62. The molecule has 0 bridgehead atoms. The Morgan fingerprint density at radius 1 is 1.11 bits per heavy atom. The highest BCUT2D eigenvalue weighted by Gasteiger charge is 2.25. The molecular weight excluding hydrogens is 232 g/mol. The average molecular weight is 256 g/mol. The molecule has 1 aromatic carbocycles. The standard InChI is InChI=1S/C17H24N2/c1-13(2)14-5-7-15(8-6-14)16-11-17(18-12-16)19-9-3-4-10-19/h5-8,13,16H,3-4,9-12H2,1-2H3. The van der Waals surface area contributed by atoms with Crippen LogP contribution in [0.5, 0.6) is 0 Å². The first kappa shape index (κ1) is 12.7. The number of nitrogens with zero attached hydrogens (tertiary/aromatic N) is 2. The van der Waals surface area contributed by atoms with Gasteiger partial charge in [0.1, 0.15) is 0 Å². The number of likely N-dealkylation sites (tertiary alicyclic amines) is 1. The van der Waals surface area contributed by atoms with E-state index in [1.54, 1.807) is 0 Å². The fourth-order valence-electron chi connectivity index (χ4n) is 3.15. The lowest BCUT2D eigenvalue weighted by atomic mass is 9.94. The molecule has 0 aliphatic carbocycles. The summed E-state index contributed by atoms with van der Waals surface area (Å²) in [5.41, 5.74) is 2.89. The minimum absolute atomic E-state index is 0.608. The fraction of sp³-hybridized carbons (Fsp3) is 0.588. The number of hydrogen-bond donors (Lipinski definition) is 0. The number of benzene rings is 1. The van der Waals surface area contributed by atoms with Gasteiger partial charge in [-0.3, -0.25) is 4.99 Å². The third-order valence-corrected chi connectivity index (χ3v) is 4.47. The Bertz CT molecular complexity index is 453. The molecule has 1 atom stereocenters. The molecule has 3 rings (SSSR count). The van der Waals surface area contributed by atoms with E-state index < -0.39 is 0 Å². The summed E-state index contributed by atoms with van der Waals surface area (Å²) in [7, 11) is 0. The third-order valence-electron chi connectivity index (χ3n) is 4.47. The molecule has 0 saturated carbocycles. The van der Waals surface area contributed by atoms with Gasteiger partial charge >= 0.3 is 0 Å². The third kappa shape index (κ3) is 2.68. The van der Waals surface area contributed by atoms with Crippen molar-refractivity contribution in [1.82, 2.24) is 4.90 Å². The molecule has 2 aliphatic heterocycles. The van der Waals surface area contributed by atoms with Gasteiger partial charge in [0, 0.05) is 32.0 Å². The number of aliphatic imine (C=N–C) groups is 1. The summed E-state index contributed by atoms with van der Waals surface area (Å²) < 4.78 is 0. The van der Waals surface area contributed by atoms with Gasteiger partial charge in [-0.05, 0) is 29.9 Å². The lowest BCUT2D eigenvalue weighted by Crippen LogP contribution is -2.26. The molecule has 2 aliphatic rings. The highest BCUT2D eigenvalue weighted by molar-refractivity contribution is 5.85. The number of hydrogen-bond acceptors (Lipinski definition) is 2. The highest BCUT2D eigenvalue weighted by atomic mass is 15.2. The average Bonchev–Trinajstić information content (AvgIpc) is 3.10. The summed E-state index contributed by atoms with van der Waals surface area (Å²) in [5.74, 6) is 2.58. The molecule has 19 heavy (non-hydrogen) atoms. The van der Waals surface area contributed by atoms with Crippen LogP contribution in [0.25, 0.3) is 0 Å². The van der Waals surface area contributed by atoms with Crippen LogP contribution in [-0.4, -0.2) is 30.4 Å². The molecule has 1 unspecified atom stereocenters. The molecule has 2 heterocycles. The second kappa shape index (κ2) is 5.36. The van der Waals surface area contributed by atoms with Crippen LogP contribution in [0.3, 0.4) is 0 Å². The maximum absolute atomic E-state index is 4.78. The first-order chi connectivity index (χ1) is 9.24. The van der Waals surface area contributed by atoms with Crippen LogP contribution in [-0.2, 0) is 0 Å². The Labute approximate surface area is 116 Å². The van der Waals surface area contributed by atoms with Gasteiger partial charge in [-0.25, -0.2) is 0 Å². The molecular formula is C17H24N2. The molecule has 0 amide bonds. The van der Waals surface area contributed by atoms with Gasteiger partial charge in [0.2, 0.25) is 0 Å². The van der Waals surface area contributed by atoms with Gasteiger partial charge in [0.05, 0.1) is 5.84 Å². The molecule has 1 saturated heterocycles. The number of rotatable bonds is 2. The zero-order chi connectivity index (χ0) is 13.2. The van der Waals surface area contributed by atoms with Gasteiger partial charge in [0.25, 0.3) is 0 Å². The Morgan fingerprint density at radius 2 is 1.79 bits per heavy atom. The zero-order valence-electron chi connectivity index (χ0n) is 12.1. The topological polar surface area (TPSA) is 15.6 Å². The van der Waals surface area contributed by atoms with Crippen LogP contribution in [0.4, 0.5) is 0 Å². The second-order valence-corrected chi connectivity index (χ2v) is 6.17. The SMILES string of the molecule is CC(C)c1ccc(C2CN=C(N3CCCC3)C2)cc1. The van der Waals surface area contributed by atoms with Crippen molar-refractivity contribution in [1.29, 1.82) is 0 Å². The van der Waals surface area contributed by atoms with Crippen molar-refractivity contribution < 1.29 is 0 Å². The minimum Gasteiger partial charge on any atom is -0.360 e. The quantitative estimate of drug-likeness (QED) is 0.786. The van der Waals surface area contributed by atoms with E-state index in [2.05, 4.69) is 43.0 Å². The van der Waals surface area contributed by atoms with E-state index >= 15 is 0 Å². The summed E-state index contributed by atoms with van der Waals surface area (Å²) in [4.78, 5) is 7.26. The van der Waals surface area contributed by atoms with Crippen molar-refractivity contribution in [2.75, 3.05) is 19.6 Å². The van der Waals surface area contributed by atoms with Gasteiger partial charge in [0.15, 0.2) is 0 Å². The lowest BCUT2D eigenvalue weighted by molar-refractivity contribution is 0.509. The Hall–Kier alpha value is -1.31. The molecule has 1 fully saturated rings. The molecule has 0 radical (unpaired) electrons. The van der Waals surface area contributed by atoms with Crippen LogP contribution >= 0.6 is 0 Å². The van der Waals surface area contributed by atoms with E-state index in [-0.39, 0.29) is 0 Å². The Kier molecular flexibility index (Phi) is 3.58. The molecule has 102 valence electrons. The van der Waals surface area contributed by atoms with Crippen LogP contribution in [0.15, 0.2) is 29.3 Å². The van der Waals surface area contributed by atoms with E-state index in [1.807, 2.05) is 0 Å². The van der Waals surface area contributed by atoms with Crippen molar-refractivity contribution >= 4 is 5.84 Å². The van der Waals surface area contributed by atoms with Crippen LogP contribution in [0.1, 0.15) is 56.1 Å². The predicted octanol–water partition coefficient (Wildman–Crippen LogP) is 3.79. The van der Waals surface area contributed by atoms with Crippen molar-refractivity contribution in [3.63, 3.8) is 0 Å². The molecule has 1 aromatic rings. The van der Waals surface area contributed by atoms with Crippen molar-refractivity contribution in [2.24, 2.45) is 4.99 Å². The summed E-state index contributed by atoms with van der Waals surface area (Å²) in [6.45, 7) is 7.92. The summed E-state index contributed by atoms with van der Waals surface area (Å²) in [6.07, 6.45) is 3.82. The van der Waals surface area contributed by atoms with Crippen LogP contribution in [0, 0.1) is 0 Å². The monoisotopic (exact) mass is 256 g/mol. The highest BCUT2D eigenvalue weighted by Crippen LogP contribution is 2.29. The molecule has 0 aromatic heterocycles. The van der Waals surface area contributed by atoms with Gasteiger partial charge in [-0.2, -0.15) is 0 Å². The van der Waals surface area contributed by atoms with Gasteiger partial charge in [-0.15, -0.1) is 0 Å². The van der Waals surface area contributed by atoms with E-state index in [4.69, 9.17) is 4.99 Å². The van der Waals surface area contributed by atoms with E-state index in [9.17, 15) is 0 Å². The maximum atomic E-state index is 4.78. The fourth-order valence-corrected chi connectivity index (χ4v) is 3.15. The van der Waals surface area contributed by atoms with Crippen molar-refractivity contribution in [2.45, 2.75) is 44.9 Å². The summed E-state index contributed by atoms with van der Waals surface area (Å²) in [5, 5.41) is 0. The van der Waals surface area contributed by atoms with E-state index in [0.717, 1.165) is 13.0 Å². The van der Waals surface area contributed by atoms with Crippen LogP contribution in [0.2, 0.25) is 0 Å². The summed E-state index contributed by atoms with van der Waals surface area (Å²) in [6, 6.07) is 9.19. The normalized spacial score (nSPS) is 23.2. The molecule has 2 nitrogen and oxygen atoms in total. The largest absolute Gasteiger partial charge is 0.360 e. The minimum atomic E-state index is 0.608. The van der Waals surface area contributed by atoms with E-state index in [1.165, 1.54) is 42.9 Å². The van der Waals surface area contributed by atoms with Crippen molar-refractivity contribution in [3.05, 3.63) is 35.4 Å². The molecule has 0 N–H and O–H groups in total. The molecule has 2 heteroatoms.